The molecule has 3 aliphatic rings. The summed E-state index contributed by atoms with van der Waals surface area (Å²) in [6.07, 6.45) is 6.50. The van der Waals surface area contributed by atoms with Gasteiger partial charge in [-0.2, -0.15) is 0 Å². The Balaban J connectivity index is 1.38. The lowest BCUT2D eigenvalue weighted by Gasteiger charge is -2.35. The molecule has 3 fully saturated rings. The zero-order valence-electron chi connectivity index (χ0n) is 14.6. The van der Waals surface area contributed by atoms with Crippen molar-refractivity contribution >= 4 is 5.91 Å². The summed E-state index contributed by atoms with van der Waals surface area (Å²) in [6, 6.07) is 0.893. The molecule has 1 amide bonds. The van der Waals surface area contributed by atoms with Crippen molar-refractivity contribution in [1.82, 2.24) is 24.6 Å². The third kappa shape index (κ3) is 3.32. The highest BCUT2D eigenvalue weighted by Crippen LogP contribution is 2.39. The van der Waals surface area contributed by atoms with Gasteiger partial charge in [0.15, 0.2) is 5.82 Å². The van der Waals surface area contributed by atoms with Crippen LogP contribution in [-0.2, 0) is 16.6 Å². The number of amides is 1. The van der Waals surface area contributed by atoms with Crippen LogP contribution in [0.25, 0.3) is 0 Å². The maximum Gasteiger partial charge on any atom is 0.237 e. The summed E-state index contributed by atoms with van der Waals surface area (Å²) < 4.78 is 7.73. The fraction of sp³-hybridized carbons (Fsp3) is 0.824. The number of hydrogen-bond donors (Lipinski definition) is 0. The van der Waals surface area contributed by atoms with Crippen molar-refractivity contribution in [2.45, 2.75) is 50.8 Å². The van der Waals surface area contributed by atoms with Crippen molar-refractivity contribution in [3.63, 3.8) is 0 Å². The number of hydrogen-bond acceptors (Lipinski definition) is 5. The van der Waals surface area contributed by atoms with Gasteiger partial charge in [0.1, 0.15) is 12.4 Å². The molecule has 132 valence electrons. The van der Waals surface area contributed by atoms with Gasteiger partial charge in [-0.25, -0.2) is 0 Å². The Kier molecular flexibility index (Phi) is 4.30. The number of ether oxygens (including phenoxy) is 1. The molecular formula is C17H27N5O2. The first-order chi connectivity index (χ1) is 11.6. The fourth-order valence-corrected chi connectivity index (χ4v) is 3.78. The van der Waals surface area contributed by atoms with Gasteiger partial charge in [-0.15, -0.1) is 10.2 Å². The highest BCUT2D eigenvalue weighted by molar-refractivity contribution is 5.79. The zero-order valence-corrected chi connectivity index (χ0v) is 14.6. The Morgan fingerprint density at radius 1 is 1.42 bits per heavy atom. The van der Waals surface area contributed by atoms with Crippen molar-refractivity contribution in [2.24, 2.45) is 13.0 Å². The first kappa shape index (κ1) is 16.0. The molecule has 2 saturated carbocycles. The number of aryl methyl sites for hydroxylation is 1. The minimum absolute atomic E-state index is 0.103. The summed E-state index contributed by atoms with van der Waals surface area (Å²) in [7, 11) is 1.93. The minimum Gasteiger partial charge on any atom is -0.368 e. The first-order valence-electron chi connectivity index (χ1n) is 9.12. The Labute approximate surface area is 143 Å². The van der Waals surface area contributed by atoms with E-state index in [2.05, 4.69) is 26.9 Å². The van der Waals surface area contributed by atoms with Gasteiger partial charge in [0.05, 0.1) is 13.2 Å². The van der Waals surface area contributed by atoms with Gasteiger partial charge in [0, 0.05) is 32.2 Å². The molecule has 0 bridgehead atoms. The molecule has 1 saturated heterocycles. The molecule has 7 heteroatoms. The third-order valence-corrected chi connectivity index (χ3v) is 5.52. The van der Waals surface area contributed by atoms with Crippen LogP contribution in [0.4, 0.5) is 0 Å². The van der Waals surface area contributed by atoms with Gasteiger partial charge < -0.3 is 14.2 Å². The third-order valence-electron chi connectivity index (χ3n) is 5.52. The van der Waals surface area contributed by atoms with Gasteiger partial charge >= 0.3 is 0 Å². The lowest BCUT2D eigenvalue weighted by atomic mass is 10.1. The van der Waals surface area contributed by atoms with Crippen LogP contribution in [0.5, 0.6) is 0 Å². The molecule has 0 N–H and O–H groups in total. The minimum atomic E-state index is -0.103. The number of nitrogens with zero attached hydrogens (tertiary/aromatic N) is 5. The Hall–Kier alpha value is -1.47. The number of morpholine rings is 1. The molecule has 7 nitrogen and oxygen atoms in total. The van der Waals surface area contributed by atoms with E-state index in [0.29, 0.717) is 31.8 Å². The normalized spacial score (nSPS) is 26.3. The molecule has 1 aliphatic heterocycles. The lowest BCUT2D eigenvalue weighted by molar-refractivity contribution is -0.137. The molecule has 0 unspecified atom stereocenters. The van der Waals surface area contributed by atoms with Crippen molar-refractivity contribution in [1.29, 1.82) is 0 Å². The zero-order chi connectivity index (χ0) is 16.7. The number of carbonyl (C=O) groups is 1. The number of aromatic nitrogens is 3. The van der Waals surface area contributed by atoms with Gasteiger partial charge in [-0.05, 0) is 38.5 Å². The summed E-state index contributed by atoms with van der Waals surface area (Å²) in [5, 5.41) is 8.08. The summed E-state index contributed by atoms with van der Waals surface area (Å²) >= 11 is 0. The Morgan fingerprint density at radius 2 is 2.21 bits per heavy atom. The van der Waals surface area contributed by atoms with E-state index < -0.39 is 0 Å². The maximum absolute atomic E-state index is 12.9. The van der Waals surface area contributed by atoms with Gasteiger partial charge in [0.2, 0.25) is 5.91 Å². The van der Waals surface area contributed by atoms with E-state index in [9.17, 15) is 4.79 Å². The Bertz CT molecular complexity index is 596. The quantitative estimate of drug-likeness (QED) is 0.776. The van der Waals surface area contributed by atoms with E-state index in [1.165, 1.54) is 25.7 Å². The van der Waals surface area contributed by atoms with Crippen LogP contribution < -0.4 is 0 Å². The predicted molar refractivity (Wildman–Crippen MR) is 88.2 cm³/mol. The van der Waals surface area contributed by atoms with Gasteiger partial charge in [0.25, 0.3) is 0 Å². The molecule has 1 aromatic heterocycles. The second kappa shape index (κ2) is 6.44. The molecule has 0 aromatic carbocycles. The molecule has 2 atom stereocenters. The smallest absolute Gasteiger partial charge is 0.237 e. The summed E-state index contributed by atoms with van der Waals surface area (Å²) in [6.45, 7) is 4.86. The SMILES string of the molecule is C[C@@H](C1CC1)N(C(=O)CN1CCO[C@H](c2nncn2C)C1)C1CC1. The van der Waals surface area contributed by atoms with Crippen LogP contribution in [0.15, 0.2) is 6.33 Å². The summed E-state index contributed by atoms with van der Waals surface area (Å²) in [4.78, 5) is 17.3. The van der Waals surface area contributed by atoms with E-state index in [1.807, 2.05) is 11.6 Å². The van der Waals surface area contributed by atoms with E-state index in [1.54, 1.807) is 6.33 Å². The molecule has 4 rings (SSSR count). The molecule has 2 aliphatic carbocycles. The van der Waals surface area contributed by atoms with E-state index >= 15 is 0 Å². The lowest BCUT2D eigenvalue weighted by Crippen LogP contribution is -2.49. The fourth-order valence-electron chi connectivity index (χ4n) is 3.78. The summed E-state index contributed by atoms with van der Waals surface area (Å²) in [5.74, 6) is 1.85. The second-order valence-electron chi connectivity index (χ2n) is 7.50. The number of rotatable bonds is 6. The van der Waals surface area contributed by atoms with Crippen molar-refractivity contribution in [3.05, 3.63) is 12.2 Å². The molecule has 24 heavy (non-hydrogen) atoms. The average Bonchev–Trinajstić information content (AvgIpc) is 3.46. The van der Waals surface area contributed by atoms with Crippen LogP contribution in [-0.4, -0.2) is 68.8 Å². The molecular weight excluding hydrogens is 306 g/mol. The largest absolute Gasteiger partial charge is 0.368 e. The molecule has 2 heterocycles. The van der Waals surface area contributed by atoms with Gasteiger partial charge in [-0.1, -0.05) is 0 Å². The summed E-state index contributed by atoms with van der Waals surface area (Å²) in [5.41, 5.74) is 0. The van der Waals surface area contributed by atoms with Crippen molar-refractivity contribution in [2.75, 3.05) is 26.2 Å². The van der Waals surface area contributed by atoms with E-state index in [0.717, 1.165) is 18.3 Å². The van der Waals surface area contributed by atoms with Crippen molar-refractivity contribution < 1.29 is 9.53 Å². The van der Waals surface area contributed by atoms with Crippen molar-refractivity contribution in [3.8, 4) is 0 Å². The average molecular weight is 333 g/mol. The number of carbonyl (C=O) groups excluding carboxylic acids is 1. The second-order valence-corrected chi connectivity index (χ2v) is 7.50. The highest BCUT2D eigenvalue weighted by Gasteiger charge is 2.42. The first-order valence-corrected chi connectivity index (χ1v) is 9.12. The van der Waals surface area contributed by atoms with Gasteiger partial charge in [-0.3, -0.25) is 9.69 Å². The van der Waals surface area contributed by atoms with E-state index in [-0.39, 0.29) is 12.0 Å². The molecule has 0 spiro atoms. The molecule has 0 radical (unpaired) electrons. The maximum atomic E-state index is 12.9. The Morgan fingerprint density at radius 3 is 2.83 bits per heavy atom. The standard InChI is InChI=1S/C17H27N5O2/c1-12(13-3-4-13)22(14-5-6-14)16(23)10-21-7-8-24-15(9-21)17-19-18-11-20(17)2/h11-15H,3-10H2,1-2H3/t12-,15-/m0/s1. The van der Waals surface area contributed by atoms with Crippen LogP contribution in [0, 0.1) is 5.92 Å². The van der Waals surface area contributed by atoms with E-state index in [4.69, 9.17) is 4.74 Å². The van der Waals surface area contributed by atoms with Crippen LogP contribution >= 0.6 is 0 Å². The van der Waals surface area contributed by atoms with Crippen LogP contribution in [0.1, 0.15) is 44.5 Å². The van der Waals surface area contributed by atoms with Crippen LogP contribution in [0.2, 0.25) is 0 Å². The van der Waals surface area contributed by atoms with Crippen LogP contribution in [0.3, 0.4) is 0 Å². The highest BCUT2D eigenvalue weighted by atomic mass is 16.5. The predicted octanol–water partition coefficient (Wildman–Crippen LogP) is 0.978. The molecule has 1 aromatic rings. The topological polar surface area (TPSA) is 63.5 Å². The monoisotopic (exact) mass is 333 g/mol.